The van der Waals surface area contributed by atoms with Crippen molar-refractivity contribution < 1.29 is 14.6 Å². The van der Waals surface area contributed by atoms with E-state index in [1.54, 1.807) is 0 Å². The average Bonchev–Trinajstić information content (AvgIpc) is 2.90. The molecular formula is C15H23FN2O2. The minimum absolute atomic E-state index is 0.243. The van der Waals surface area contributed by atoms with E-state index in [2.05, 4.69) is 9.88 Å². The van der Waals surface area contributed by atoms with Crippen molar-refractivity contribution in [3.8, 4) is 0 Å². The molecule has 0 bridgehead atoms. The van der Waals surface area contributed by atoms with Gasteiger partial charge in [0.05, 0.1) is 18.0 Å². The molecule has 1 aromatic rings. The third-order valence-corrected chi connectivity index (χ3v) is 3.98. The Morgan fingerprint density at radius 2 is 2.30 bits per heavy atom. The first-order chi connectivity index (χ1) is 9.70. The monoisotopic (exact) mass is 282 g/mol. The van der Waals surface area contributed by atoms with Gasteiger partial charge in [-0.15, -0.1) is 0 Å². The van der Waals surface area contributed by atoms with E-state index in [4.69, 9.17) is 5.11 Å². The molecule has 5 heteroatoms. The van der Waals surface area contributed by atoms with Crippen LogP contribution in [-0.2, 0) is 0 Å². The van der Waals surface area contributed by atoms with Crippen LogP contribution in [0.1, 0.15) is 43.9 Å². The van der Waals surface area contributed by atoms with Crippen LogP contribution in [0.5, 0.6) is 0 Å². The van der Waals surface area contributed by atoms with Gasteiger partial charge < -0.3 is 15.1 Å². The SMILES string of the molecule is OCCCC1CCCN1CCC(O)c1ccc(F)cn1. The predicted octanol–water partition coefficient (Wildman–Crippen LogP) is 1.88. The van der Waals surface area contributed by atoms with Gasteiger partial charge in [-0.25, -0.2) is 4.39 Å². The van der Waals surface area contributed by atoms with E-state index >= 15 is 0 Å². The molecule has 0 radical (unpaired) electrons. The zero-order valence-electron chi connectivity index (χ0n) is 11.7. The summed E-state index contributed by atoms with van der Waals surface area (Å²) in [6.45, 7) is 2.11. The van der Waals surface area contributed by atoms with Gasteiger partial charge in [0.2, 0.25) is 0 Å². The molecule has 1 aliphatic heterocycles. The molecule has 0 aliphatic carbocycles. The highest BCUT2D eigenvalue weighted by molar-refractivity contribution is 5.08. The Morgan fingerprint density at radius 1 is 1.45 bits per heavy atom. The molecule has 0 amide bonds. The molecular weight excluding hydrogens is 259 g/mol. The maximum Gasteiger partial charge on any atom is 0.141 e. The Labute approximate surface area is 119 Å². The maximum absolute atomic E-state index is 12.8. The van der Waals surface area contributed by atoms with Crippen LogP contribution < -0.4 is 0 Å². The zero-order chi connectivity index (χ0) is 14.4. The van der Waals surface area contributed by atoms with Crippen LogP contribution in [0.4, 0.5) is 4.39 Å². The molecule has 1 aromatic heterocycles. The average molecular weight is 282 g/mol. The molecule has 2 rings (SSSR count). The Bertz CT molecular complexity index is 399. The molecule has 1 saturated heterocycles. The first-order valence-electron chi connectivity index (χ1n) is 7.35. The van der Waals surface area contributed by atoms with Crippen molar-refractivity contribution in [2.24, 2.45) is 0 Å². The summed E-state index contributed by atoms with van der Waals surface area (Å²) in [7, 11) is 0. The fourth-order valence-corrected chi connectivity index (χ4v) is 2.86. The summed E-state index contributed by atoms with van der Waals surface area (Å²) in [4.78, 5) is 6.29. The van der Waals surface area contributed by atoms with Crippen LogP contribution in [0.2, 0.25) is 0 Å². The van der Waals surface area contributed by atoms with E-state index in [0.29, 0.717) is 18.2 Å². The number of nitrogens with zero attached hydrogens (tertiary/aromatic N) is 2. The van der Waals surface area contributed by atoms with Gasteiger partial charge in [0.1, 0.15) is 5.82 Å². The number of aliphatic hydroxyl groups excluding tert-OH is 2. The van der Waals surface area contributed by atoms with Crippen LogP contribution in [-0.4, -0.2) is 45.8 Å². The highest BCUT2D eigenvalue weighted by Gasteiger charge is 2.24. The van der Waals surface area contributed by atoms with E-state index in [9.17, 15) is 9.50 Å². The van der Waals surface area contributed by atoms with Crippen molar-refractivity contribution in [1.29, 1.82) is 0 Å². The Morgan fingerprint density at radius 3 is 3.00 bits per heavy atom. The van der Waals surface area contributed by atoms with Crippen molar-refractivity contribution >= 4 is 0 Å². The van der Waals surface area contributed by atoms with Crippen LogP contribution in [0, 0.1) is 5.82 Å². The third-order valence-electron chi connectivity index (χ3n) is 3.98. The number of halogens is 1. The van der Waals surface area contributed by atoms with Gasteiger partial charge >= 0.3 is 0 Å². The number of hydrogen-bond donors (Lipinski definition) is 2. The quantitative estimate of drug-likeness (QED) is 0.802. The van der Waals surface area contributed by atoms with Gasteiger partial charge in [0, 0.05) is 19.2 Å². The maximum atomic E-state index is 12.8. The van der Waals surface area contributed by atoms with Crippen LogP contribution in [0.3, 0.4) is 0 Å². The van der Waals surface area contributed by atoms with E-state index < -0.39 is 6.10 Å². The molecule has 20 heavy (non-hydrogen) atoms. The molecule has 2 heterocycles. The van der Waals surface area contributed by atoms with Crippen LogP contribution in [0.25, 0.3) is 0 Å². The smallest absolute Gasteiger partial charge is 0.141 e. The second kappa shape index (κ2) is 7.67. The second-order valence-corrected chi connectivity index (χ2v) is 5.40. The number of rotatable bonds is 7. The third kappa shape index (κ3) is 4.23. The number of pyridine rings is 1. The first kappa shape index (κ1) is 15.4. The predicted molar refractivity (Wildman–Crippen MR) is 74.7 cm³/mol. The lowest BCUT2D eigenvalue weighted by Gasteiger charge is -2.25. The number of aromatic nitrogens is 1. The van der Waals surface area contributed by atoms with Gasteiger partial charge in [-0.05, 0) is 50.8 Å². The van der Waals surface area contributed by atoms with Gasteiger partial charge in [0.15, 0.2) is 0 Å². The fourth-order valence-electron chi connectivity index (χ4n) is 2.86. The molecule has 1 aliphatic rings. The molecule has 2 atom stereocenters. The van der Waals surface area contributed by atoms with Gasteiger partial charge in [-0.1, -0.05) is 0 Å². The van der Waals surface area contributed by atoms with E-state index in [1.807, 2.05) is 0 Å². The summed E-state index contributed by atoms with van der Waals surface area (Å²) < 4.78 is 12.8. The van der Waals surface area contributed by atoms with Crippen LogP contribution >= 0.6 is 0 Å². The van der Waals surface area contributed by atoms with Crippen molar-refractivity contribution in [3.63, 3.8) is 0 Å². The highest BCUT2D eigenvalue weighted by Crippen LogP contribution is 2.23. The lowest BCUT2D eigenvalue weighted by Crippen LogP contribution is -2.31. The fraction of sp³-hybridized carbons (Fsp3) is 0.667. The molecule has 0 saturated carbocycles. The molecule has 4 nitrogen and oxygen atoms in total. The van der Waals surface area contributed by atoms with Gasteiger partial charge in [-0.3, -0.25) is 4.98 Å². The summed E-state index contributed by atoms with van der Waals surface area (Å²) in [6.07, 6.45) is 5.30. The molecule has 0 aromatic carbocycles. The van der Waals surface area contributed by atoms with Crippen LogP contribution in [0.15, 0.2) is 18.3 Å². The molecule has 112 valence electrons. The van der Waals surface area contributed by atoms with Crippen molar-refractivity contribution in [1.82, 2.24) is 9.88 Å². The second-order valence-electron chi connectivity index (χ2n) is 5.40. The molecule has 1 fully saturated rings. The minimum atomic E-state index is -0.644. The summed E-state index contributed by atoms with van der Waals surface area (Å²) in [5.41, 5.74) is 0.525. The first-order valence-corrected chi connectivity index (χ1v) is 7.35. The van der Waals surface area contributed by atoms with Gasteiger partial charge in [-0.2, -0.15) is 0 Å². The van der Waals surface area contributed by atoms with Crippen molar-refractivity contribution in [2.45, 2.75) is 44.2 Å². The zero-order valence-corrected chi connectivity index (χ0v) is 11.7. The number of hydrogen-bond acceptors (Lipinski definition) is 4. The lowest BCUT2D eigenvalue weighted by atomic mass is 10.1. The minimum Gasteiger partial charge on any atom is -0.396 e. The molecule has 2 unspecified atom stereocenters. The molecule has 0 spiro atoms. The van der Waals surface area contributed by atoms with Crippen molar-refractivity contribution in [3.05, 3.63) is 29.8 Å². The van der Waals surface area contributed by atoms with E-state index in [0.717, 1.165) is 32.1 Å². The van der Waals surface area contributed by atoms with Crippen molar-refractivity contribution in [2.75, 3.05) is 19.7 Å². The molecule has 2 N–H and O–H groups in total. The topological polar surface area (TPSA) is 56.6 Å². The Hall–Kier alpha value is -1.04. The summed E-state index contributed by atoms with van der Waals surface area (Å²) in [5.74, 6) is -0.385. The Kier molecular flexibility index (Phi) is 5.88. The van der Waals surface area contributed by atoms with E-state index in [-0.39, 0.29) is 12.4 Å². The van der Waals surface area contributed by atoms with Gasteiger partial charge in [0.25, 0.3) is 0 Å². The highest BCUT2D eigenvalue weighted by atomic mass is 19.1. The Balaban J connectivity index is 1.80. The standard InChI is InChI=1S/C15H23FN2O2/c16-12-5-6-14(17-11-12)15(20)7-9-18-8-1-3-13(18)4-2-10-19/h5-6,11,13,15,19-20H,1-4,7-10H2. The normalized spacial score (nSPS) is 21.2. The summed E-state index contributed by atoms with van der Waals surface area (Å²) >= 11 is 0. The summed E-state index contributed by atoms with van der Waals surface area (Å²) in [5, 5.41) is 19.0. The van der Waals surface area contributed by atoms with E-state index in [1.165, 1.54) is 25.0 Å². The number of likely N-dealkylation sites (tertiary alicyclic amines) is 1. The summed E-state index contributed by atoms with van der Waals surface area (Å²) in [6, 6.07) is 3.38. The largest absolute Gasteiger partial charge is 0.396 e. The lowest BCUT2D eigenvalue weighted by molar-refractivity contribution is 0.130. The number of aliphatic hydroxyl groups is 2.